The average Bonchev–Trinajstić information content (AvgIpc) is 3.51. The zero-order chi connectivity index (χ0) is 56.8. The molecular formula is C66H72N6O9. The van der Waals surface area contributed by atoms with E-state index in [-0.39, 0.29) is 30.9 Å². The van der Waals surface area contributed by atoms with E-state index in [0.29, 0.717) is 73.6 Å². The molecule has 4 aliphatic rings. The Kier molecular flexibility index (Phi) is 21.4. The molecule has 6 aromatic carbocycles. The van der Waals surface area contributed by atoms with Crippen LogP contribution in [0.5, 0.6) is 0 Å². The number of carbonyl (C=O) groups excluding carboxylic acids is 5. The van der Waals surface area contributed by atoms with Crippen LogP contribution in [-0.2, 0) is 45.4 Å². The van der Waals surface area contributed by atoms with E-state index < -0.39 is 18.2 Å². The number of hydrogen-bond donors (Lipinski definition) is 5. The topological polar surface area (TPSA) is 210 Å². The molecule has 2 saturated heterocycles. The molecule has 0 unspecified atom stereocenters. The lowest BCUT2D eigenvalue weighted by atomic mass is 9.88. The number of amides is 5. The number of ether oxygens (including phenoxy) is 2. The highest BCUT2D eigenvalue weighted by Crippen LogP contribution is 2.32. The van der Waals surface area contributed by atoms with E-state index in [1.54, 1.807) is 30.3 Å². The third kappa shape index (κ3) is 18.6. The van der Waals surface area contributed by atoms with Gasteiger partial charge in [-0.25, -0.2) is 14.4 Å². The number of hydrogen-bond acceptors (Lipinski definition) is 9. The molecule has 15 heteroatoms. The quantitative estimate of drug-likeness (QED) is 0.0485. The van der Waals surface area contributed by atoms with Crippen LogP contribution in [0.2, 0.25) is 0 Å². The van der Waals surface area contributed by atoms with Crippen molar-refractivity contribution < 1.29 is 43.3 Å². The molecule has 2 aliphatic heterocycles. The minimum Gasteiger partial charge on any atom is -0.478 e. The third-order valence-corrected chi connectivity index (χ3v) is 14.9. The van der Waals surface area contributed by atoms with Crippen LogP contribution in [0.25, 0.3) is 0 Å². The number of rotatable bonds is 15. The van der Waals surface area contributed by atoms with Gasteiger partial charge in [-0.2, -0.15) is 0 Å². The number of carboxylic acids is 1. The lowest BCUT2D eigenvalue weighted by molar-refractivity contribution is -0.131. The summed E-state index contributed by atoms with van der Waals surface area (Å²) in [5.74, 6) is -0.188. The maximum atomic E-state index is 13.2. The molecule has 0 spiro atoms. The first-order valence-electron chi connectivity index (χ1n) is 27.9. The minimum absolute atomic E-state index is 0.0149. The Morgan fingerprint density at radius 2 is 0.938 bits per heavy atom. The number of carbonyl (C=O) groups is 6. The molecule has 2 saturated carbocycles. The predicted octanol–water partition coefficient (Wildman–Crippen LogP) is 12.1. The van der Waals surface area contributed by atoms with E-state index in [0.717, 1.165) is 85.6 Å². The number of carboxylic acid groups (broad SMARTS) is 1. The van der Waals surface area contributed by atoms with Crippen molar-refractivity contribution in [2.45, 2.75) is 102 Å². The SMILES string of the molecule is Nc1cccc(C(=O)N2CCC(c3cccc(CNC(=O)OCc4ccccc4)c3)CC2)c1.O=C(C=C1CCC1)Nc1cccc(C(=O)N2CCC(c3cccc(CNC(=O)OCc4ccccc4)c3)CC2)c1.O=C(O)C=C1CCC1. The van der Waals surface area contributed by atoms with Crippen LogP contribution >= 0.6 is 0 Å². The Morgan fingerprint density at radius 1 is 0.506 bits per heavy atom. The van der Waals surface area contributed by atoms with Crippen LogP contribution in [0.3, 0.4) is 0 Å². The number of nitrogens with two attached hydrogens (primary N) is 1. The number of alkyl carbamates (subject to hydrolysis) is 2. The van der Waals surface area contributed by atoms with Gasteiger partial charge in [-0.1, -0.05) is 132 Å². The zero-order valence-corrected chi connectivity index (χ0v) is 45.7. The third-order valence-electron chi connectivity index (χ3n) is 14.9. The van der Waals surface area contributed by atoms with Crippen molar-refractivity contribution in [1.29, 1.82) is 0 Å². The zero-order valence-electron chi connectivity index (χ0n) is 45.7. The highest BCUT2D eigenvalue weighted by molar-refractivity contribution is 6.01. The van der Waals surface area contributed by atoms with Crippen molar-refractivity contribution >= 4 is 47.3 Å². The number of nitrogen functional groups attached to an aromatic ring is 1. The van der Waals surface area contributed by atoms with E-state index in [9.17, 15) is 28.8 Å². The second-order valence-corrected chi connectivity index (χ2v) is 20.8. The van der Waals surface area contributed by atoms with Gasteiger partial charge < -0.3 is 46.1 Å². The van der Waals surface area contributed by atoms with Crippen LogP contribution in [0.1, 0.15) is 130 Å². The summed E-state index contributed by atoms with van der Waals surface area (Å²) in [5.41, 5.74) is 16.9. The molecule has 0 bridgehead atoms. The second kappa shape index (κ2) is 29.8. The van der Waals surface area contributed by atoms with Gasteiger partial charge in [0.05, 0.1) is 0 Å². The number of benzene rings is 6. The van der Waals surface area contributed by atoms with Crippen molar-refractivity contribution in [2.75, 3.05) is 37.2 Å². The van der Waals surface area contributed by atoms with E-state index >= 15 is 0 Å². The second-order valence-electron chi connectivity index (χ2n) is 20.8. The summed E-state index contributed by atoms with van der Waals surface area (Å²) in [6.45, 7) is 4.05. The molecule has 6 N–H and O–H groups in total. The van der Waals surface area contributed by atoms with Gasteiger partial charge in [-0.15, -0.1) is 0 Å². The Morgan fingerprint density at radius 3 is 1.37 bits per heavy atom. The maximum Gasteiger partial charge on any atom is 0.407 e. The molecule has 0 atom stereocenters. The van der Waals surface area contributed by atoms with Gasteiger partial charge in [-0.3, -0.25) is 14.4 Å². The van der Waals surface area contributed by atoms with Gasteiger partial charge in [-0.05, 0) is 146 Å². The molecule has 420 valence electrons. The van der Waals surface area contributed by atoms with Gasteiger partial charge in [0.15, 0.2) is 0 Å². The first-order valence-corrected chi connectivity index (χ1v) is 27.9. The molecule has 4 fully saturated rings. The highest BCUT2D eigenvalue weighted by atomic mass is 16.6. The van der Waals surface area contributed by atoms with E-state index in [1.165, 1.54) is 29.2 Å². The summed E-state index contributed by atoms with van der Waals surface area (Å²) in [7, 11) is 0. The van der Waals surface area contributed by atoms with Crippen LogP contribution in [0.15, 0.2) is 181 Å². The van der Waals surface area contributed by atoms with Crippen molar-refractivity contribution in [2.24, 2.45) is 0 Å². The van der Waals surface area contributed by atoms with Gasteiger partial charge in [0, 0.05) is 73.9 Å². The molecule has 0 aromatic heterocycles. The fourth-order valence-electron chi connectivity index (χ4n) is 10.00. The number of piperidine rings is 2. The lowest BCUT2D eigenvalue weighted by Crippen LogP contribution is -2.38. The van der Waals surface area contributed by atoms with Crippen molar-refractivity contribution in [3.8, 4) is 0 Å². The number of nitrogens with one attached hydrogen (secondary N) is 3. The number of aliphatic carboxylic acids is 1. The molecular weight excluding hydrogens is 1020 g/mol. The smallest absolute Gasteiger partial charge is 0.407 e. The van der Waals surface area contributed by atoms with Crippen molar-refractivity contribution in [1.82, 2.24) is 20.4 Å². The maximum absolute atomic E-state index is 13.2. The molecule has 15 nitrogen and oxygen atoms in total. The monoisotopic (exact) mass is 1090 g/mol. The Balaban J connectivity index is 0.000000189. The summed E-state index contributed by atoms with van der Waals surface area (Å²) in [4.78, 5) is 76.1. The number of anilines is 2. The standard InChI is InChI=1S/C33H35N3O4.C27H29N3O3.C6H8O2/c37-31(20-24-9-4-10-24)35-30-14-6-13-29(21-30)32(38)36-17-15-27(16-18-36)28-12-5-11-26(19-28)22-34-33(39)40-23-25-7-2-1-3-8-25;28-25-11-5-10-24(17-25)26(31)30-14-12-22(13-15-30)23-9-4-8-21(16-23)18-29-27(32)33-19-20-6-2-1-3-7-20;7-6(8)4-5-2-1-3-5/h1-3,5-8,11-14,19-21,27H,4,9-10,15-18,22-23H2,(H,34,39)(H,35,37);1-11,16-17,22H,12-15,18-19,28H2,(H,29,32);4H,1-3H2,(H,7,8). The van der Waals surface area contributed by atoms with Gasteiger partial charge in [0.1, 0.15) is 13.2 Å². The normalized spacial score (nSPS) is 14.9. The Bertz CT molecular complexity index is 3150. The summed E-state index contributed by atoms with van der Waals surface area (Å²) in [6, 6.07) is 50.0. The fourth-order valence-corrected chi connectivity index (χ4v) is 10.00. The number of allylic oxidation sites excluding steroid dienone is 2. The summed E-state index contributed by atoms with van der Waals surface area (Å²) >= 11 is 0. The number of likely N-dealkylation sites (tertiary alicyclic amines) is 2. The molecule has 2 aliphatic carbocycles. The molecule has 6 aromatic rings. The first-order chi connectivity index (χ1) is 39.4. The van der Waals surface area contributed by atoms with Crippen molar-refractivity contribution in [3.63, 3.8) is 0 Å². The highest BCUT2D eigenvalue weighted by Gasteiger charge is 2.27. The summed E-state index contributed by atoms with van der Waals surface area (Å²) < 4.78 is 10.6. The Hall–Kier alpha value is -8.98. The van der Waals surface area contributed by atoms with Gasteiger partial charge >= 0.3 is 18.2 Å². The molecule has 0 radical (unpaired) electrons. The van der Waals surface area contributed by atoms with Crippen molar-refractivity contribution in [3.05, 3.63) is 226 Å². The summed E-state index contributed by atoms with van der Waals surface area (Å²) in [6.07, 6.45) is 11.9. The minimum atomic E-state index is -0.806. The molecule has 81 heavy (non-hydrogen) atoms. The molecule has 5 amide bonds. The molecule has 2 heterocycles. The van der Waals surface area contributed by atoms with Crippen LogP contribution in [-0.4, -0.2) is 77.0 Å². The summed E-state index contributed by atoms with van der Waals surface area (Å²) in [5, 5.41) is 16.7. The van der Waals surface area contributed by atoms with Crippen LogP contribution in [0.4, 0.5) is 21.0 Å². The lowest BCUT2D eigenvalue weighted by Gasteiger charge is -2.32. The Labute approximate surface area is 474 Å². The largest absolute Gasteiger partial charge is 0.478 e. The van der Waals surface area contributed by atoms with Gasteiger partial charge in [0.25, 0.3) is 11.8 Å². The number of nitrogens with zero attached hydrogens (tertiary/aromatic N) is 2. The van der Waals surface area contributed by atoms with Gasteiger partial charge in [0.2, 0.25) is 5.91 Å². The first kappa shape index (κ1) is 58.2. The van der Waals surface area contributed by atoms with Crippen LogP contribution in [0, 0.1) is 0 Å². The average molecular weight is 1090 g/mol. The van der Waals surface area contributed by atoms with E-state index in [1.807, 2.05) is 119 Å². The fraction of sp³-hybridized carbons (Fsp3) is 0.303. The van der Waals surface area contributed by atoms with E-state index in [4.69, 9.17) is 20.3 Å². The van der Waals surface area contributed by atoms with Crippen LogP contribution < -0.4 is 21.7 Å². The predicted molar refractivity (Wildman–Crippen MR) is 313 cm³/mol. The van der Waals surface area contributed by atoms with E-state index in [2.05, 4.69) is 40.2 Å². The molecule has 10 rings (SSSR count).